The van der Waals surface area contributed by atoms with E-state index in [9.17, 15) is 0 Å². The van der Waals surface area contributed by atoms with Crippen LogP contribution in [0, 0.1) is 0 Å². The van der Waals surface area contributed by atoms with Crippen molar-refractivity contribution >= 4 is 23.2 Å². The first kappa shape index (κ1) is 32.9. The molecule has 5 aromatic rings. The van der Waals surface area contributed by atoms with E-state index in [4.69, 9.17) is 30.9 Å². The van der Waals surface area contributed by atoms with Crippen LogP contribution in [0.1, 0.15) is 44.3 Å². The van der Waals surface area contributed by atoms with E-state index >= 15 is 0 Å². The molecule has 1 aliphatic carbocycles. The molecule has 1 N–H and O–H groups in total. The van der Waals surface area contributed by atoms with Gasteiger partial charge in [0.05, 0.1) is 43.6 Å². The summed E-state index contributed by atoms with van der Waals surface area (Å²) in [6, 6.07) is 8.51. The third-order valence-electron chi connectivity index (χ3n) is 9.15. The Morgan fingerprint density at radius 2 is 1.84 bits per heavy atom. The zero-order valence-electron chi connectivity index (χ0n) is 27.7. The van der Waals surface area contributed by atoms with Gasteiger partial charge in [0.2, 0.25) is 5.95 Å². The molecule has 1 aromatic carbocycles. The van der Waals surface area contributed by atoms with Gasteiger partial charge in [-0.3, -0.25) is 14.3 Å². The Balaban J connectivity index is 1.03. The van der Waals surface area contributed by atoms with Gasteiger partial charge in [0.15, 0.2) is 0 Å². The predicted octanol–water partition coefficient (Wildman–Crippen LogP) is 4.36. The number of hydrogen-bond donors (Lipinski definition) is 1. The van der Waals surface area contributed by atoms with Gasteiger partial charge in [-0.05, 0) is 66.8 Å². The molecular weight excluding hydrogens is 648 g/mol. The summed E-state index contributed by atoms with van der Waals surface area (Å²) in [4.78, 5) is 11.8. The molecule has 5 heterocycles. The first-order chi connectivity index (χ1) is 24.0. The summed E-state index contributed by atoms with van der Waals surface area (Å²) in [6.45, 7) is 6.58. The minimum Gasteiger partial charge on any atom is -0.487 e. The number of halogens is 1. The SMILES string of the molecule is C[C@@H](Cn1cnnn1)Oc1cc(-c2cnc(Nc3cn(C4CCC(N5CCOCC5)CC4)nc3OCCc3ccnn3C)nc2)ccc1Cl. The van der Waals surface area contributed by atoms with Gasteiger partial charge in [-0.15, -0.1) is 10.2 Å². The topological polar surface area (TPSA) is 148 Å². The van der Waals surface area contributed by atoms with Crippen molar-refractivity contribution < 1.29 is 14.2 Å². The average molecular weight is 689 g/mol. The lowest BCUT2D eigenvalue weighted by molar-refractivity contribution is 0.00503. The van der Waals surface area contributed by atoms with Gasteiger partial charge in [0, 0.05) is 62.4 Å². The Bertz CT molecular complexity index is 1780. The van der Waals surface area contributed by atoms with Crippen molar-refractivity contribution in [2.45, 2.75) is 63.8 Å². The molecule has 0 radical (unpaired) electrons. The number of morpholine rings is 1. The maximum Gasteiger partial charge on any atom is 0.256 e. The molecule has 258 valence electrons. The highest BCUT2D eigenvalue weighted by Crippen LogP contribution is 2.35. The van der Waals surface area contributed by atoms with Crippen LogP contribution in [0.5, 0.6) is 11.6 Å². The predicted molar refractivity (Wildman–Crippen MR) is 182 cm³/mol. The second-order valence-electron chi connectivity index (χ2n) is 12.5. The summed E-state index contributed by atoms with van der Waals surface area (Å²) < 4.78 is 23.5. The van der Waals surface area contributed by atoms with E-state index in [1.54, 1.807) is 35.7 Å². The molecule has 49 heavy (non-hydrogen) atoms. The fraction of sp³-hybridized carbons (Fsp3) is 0.485. The van der Waals surface area contributed by atoms with Gasteiger partial charge in [0.25, 0.3) is 5.88 Å². The minimum atomic E-state index is -0.208. The molecule has 1 saturated carbocycles. The maximum atomic E-state index is 6.47. The molecule has 0 spiro atoms. The summed E-state index contributed by atoms with van der Waals surface area (Å²) in [7, 11) is 1.93. The molecule has 2 aliphatic rings. The van der Waals surface area contributed by atoms with Crippen LogP contribution < -0.4 is 14.8 Å². The highest BCUT2D eigenvalue weighted by atomic mass is 35.5. The van der Waals surface area contributed by atoms with Crippen molar-refractivity contribution in [1.29, 1.82) is 0 Å². The molecule has 15 nitrogen and oxygen atoms in total. The summed E-state index contributed by atoms with van der Waals surface area (Å²) in [5, 5.41) is 24.3. The fourth-order valence-corrected chi connectivity index (χ4v) is 6.66. The molecule has 0 bridgehead atoms. The monoisotopic (exact) mass is 688 g/mol. The lowest BCUT2D eigenvalue weighted by atomic mass is 9.90. The first-order valence-corrected chi connectivity index (χ1v) is 17.1. The molecule has 4 aromatic heterocycles. The summed E-state index contributed by atoms with van der Waals surface area (Å²) in [5.41, 5.74) is 3.51. The first-order valence-electron chi connectivity index (χ1n) is 16.8. The van der Waals surface area contributed by atoms with E-state index in [0.29, 0.717) is 54.3 Å². The van der Waals surface area contributed by atoms with Gasteiger partial charge in [0.1, 0.15) is 23.9 Å². The second kappa shape index (κ2) is 15.3. The largest absolute Gasteiger partial charge is 0.487 e. The Morgan fingerprint density at radius 1 is 1.04 bits per heavy atom. The number of aromatic nitrogens is 10. The van der Waals surface area contributed by atoms with Crippen LogP contribution in [-0.4, -0.2) is 99.7 Å². The van der Waals surface area contributed by atoms with E-state index in [0.717, 1.165) is 74.5 Å². The van der Waals surface area contributed by atoms with Gasteiger partial charge in [-0.25, -0.2) is 14.6 Å². The number of benzene rings is 1. The maximum absolute atomic E-state index is 6.47. The summed E-state index contributed by atoms with van der Waals surface area (Å²) in [6.07, 6.45) is 13.8. The highest BCUT2D eigenvalue weighted by Gasteiger charge is 2.29. The molecular formula is C33H41ClN12O3. The quantitative estimate of drug-likeness (QED) is 0.187. The Labute approximate surface area is 289 Å². The fourth-order valence-electron chi connectivity index (χ4n) is 6.50. The molecule has 0 amide bonds. The Hall–Kier alpha value is -4.60. The third kappa shape index (κ3) is 8.17. The van der Waals surface area contributed by atoms with Gasteiger partial charge in [-0.2, -0.15) is 5.10 Å². The lowest BCUT2D eigenvalue weighted by Gasteiger charge is -2.38. The minimum absolute atomic E-state index is 0.208. The van der Waals surface area contributed by atoms with Crippen molar-refractivity contribution in [2.24, 2.45) is 7.05 Å². The van der Waals surface area contributed by atoms with E-state index in [-0.39, 0.29) is 6.10 Å². The van der Waals surface area contributed by atoms with Crippen molar-refractivity contribution in [3.05, 3.63) is 66.1 Å². The van der Waals surface area contributed by atoms with Gasteiger partial charge < -0.3 is 19.5 Å². The van der Waals surface area contributed by atoms with Crippen LogP contribution in [0.3, 0.4) is 0 Å². The summed E-state index contributed by atoms with van der Waals surface area (Å²) in [5.74, 6) is 1.53. The molecule has 1 atom stereocenters. The van der Waals surface area contributed by atoms with Crippen LogP contribution in [0.4, 0.5) is 11.6 Å². The summed E-state index contributed by atoms with van der Waals surface area (Å²) >= 11 is 6.47. The Kier molecular flexibility index (Phi) is 10.3. The van der Waals surface area contributed by atoms with Crippen molar-refractivity contribution in [1.82, 2.24) is 54.6 Å². The zero-order valence-corrected chi connectivity index (χ0v) is 28.5. The number of nitrogens with zero attached hydrogens (tertiary/aromatic N) is 11. The molecule has 7 rings (SSSR count). The van der Waals surface area contributed by atoms with Crippen LogP contribution in [0.25, 0.3) is 11.1 Å². The van der Waals surface area contributed by atoms with Crippen molar-refractivity contribution in [3.63, 3.8) is 0 Å². The molecule has 1 aliphatic heterocycles. The zero-order chi connectivity index (χ0) is 33.6. The van der Waals surface area contributed by atoms with E-state index in [2.05, 4.69) is 45.5 Å². The smallest absolute Gasteiger partial charge is 0.256 e. The second-order valence-corrected chi connectivity index (χ2v) is 12.9. The van der Waals surface area contributed by atoms with Gasteiger partial charge >= 0.3 is 0 Å². The van der Waals surface area contributed by atoms with Gasteiger partial charge in [-0.1, -0.05) is 17.7 Å². The van der Waals surface area contributed by atoms with Crippen LogP contribution in [-0.2, 0) is 24.8 Å². The lowest BCUT2D eigenvalue weighted by Crippen LogP contribution is -2.45. The molecule has 0 unspecified atom stereocenters. The standard InChI is InChI=1S/C33H41ClN12O3/c1-23(20-45-22-37-41-42-45)49-31-17-24(3-8-29(31)34)25-18-35-33(36-19-25)39-30-21-46(40-32(30)48-14-10-26-9-11-38-43(26)2)28-6-4-27(5-7-28)44-12-15-47-16-13-44/h3,8-9,11,17-19,21-23,27-28H,4-7,10,12-16,20H2,1-2H3,(H,35,36,39)/t23-,27?,28?/m0/s1. The number of aryl methyl sites for hydroxylation is 1. The number of nitrogens with one attached hydrogen (secondary N) is 1. The average Bonchev–Trinajstić information content (AvgIpc) is 3.89. The molecule has 16 heteroatoms. The normalized spacial score (nSPS) is 19.1. The van der Waals surface area contributed by atoms with Crippen molar-refractivity contribution in [2.75, 3.05) is 38.2 Å². The molecule has 1 saturated heterocycles. The number of anilines is 2. The van der Waals surface area contributed by atoms with Crippen LogP contribution in [0.15, 0.2) is 55.4 Å². The number of tetrazole rings is 1. The number of ether oxygens (including phenoxy) is 3. The number of hydrogen-bond acceptors (Lipinski definition) is 12. The highest BCUT2D eigenvalue weighted by molar-refractivity contribution is 6.32. The third-order valence-corrected chi connectivity index (χ3v) is 9.46. The Morgan fingerprint density at radius 3 is 2.57 bits per heavy atom. The van der Waals surface area contributed by atoms with E-state index in [1.807, 2.05) is 43.0 Å². The van der Waals surface area contributed by atoms with Crippen LogP contribution in [0.2, 0.25) is 5.02 Å². The van der Waals surface area contributed by atoms with Crippen LogP contribution >= 0.6 is 11.6 Å². The van der Waals surface area contributed by atoms with E-state index in [1.165, 1.54) is 0 Å². The molecule has 2 fully saturated rings. The van der Waals surface area contributed by atoms with Crippen molar-refractivity contribution in [3.8, 4) is 22.8 Å². The number of rotatable bonds is 13. The van der Waals surface area contributed by atoms with E-state index < -0.39 is 0 Å².